The van der Waals surface area contributed by atoms with Crippen LogP contribution in [0.4, 0.5) is 10.1 Å². The Kier molecular flexibility index (Phi) is 4.41. The van der Waals surface area contributed by atoms with Crippen LogP contribution in [0.25, 0.3) is 22.7 Å². The number of nitriles is 1. The minimum absolute atomic E-state index is 0.329. The molecule has 0 amide bonds. The number of halogens is 1. The van der Waals surface area contributed by atoms with Crippen molar-refractivity contribution in [2.75, 3.05) is 18.0 Å². The van der Waals surface area contributed by atoms with Crippen LogP contribution in [0.5, 0.6) is 0 Å². The largest absolute Gasteiger partial charge is 0.371 e. The van der Waals surface area contributed by atoms with E-state index >= 15 is 0 Å². The van der Waals surface area contributed by atoms with Crippen molar-refractivity contribution in [1.29, 1.82) is 5.26 Å². The number of aromatic nitrogens is 2. The summed E-state index contributed by atoms with van der Waals surface area (Å²) in [6, 6.07) is 10.8. The number of anilines is 1. The van der Waals surface area contributed by atoms with Crippen LogP contribution in [-0.4, -0.2) is 23.1 Å². The van der Waals surface area contributed by atoms with Crippen molar-refractivity contribution < 1.29 is 4.39 Å². The van der Waals surface area contributed by atoms with E-state index in [1.54, 1.807) is 6.07 Å². The first-order valence-corrected chi connectivity index (χ1v) is 9.19. The van der Waals surface area contributed by atoms with Crippen molar-refractivity contribution in [2.24, 2.45) is 0 Å². The first-order chi connectivity index (χ1) is 13.1. The minimum atomic E-state index is -0.329. The predicted molar refractivity (Wildman–Crippen MR) is 107 cm³/mol. The molecule has 2 aromatic carbocycles. The van der Waals surface area contributed by atoms with Gasteiger partial charge in [0.05, 0.1) is 16.6 Å². The molecule has 0 radical (unpaired) electrons. The second-order valence-corrected chi connectivity index (χ2v) is 7.03. The fourth-order valence-corrected chi connectivity index (χ4v) is 3.70. The van der Waals surface area contributed by atoms with Gasteiger partial charge >= 0.3 is 0 Å². The first kappa shape index (κ1) is 17.3. The highest BCUT2D eigenvalue weighted by Gasteiger charge is 2.16. The van der Waals surface area contributed by atoms with Crippen LogP contribution >= 0.6 is 0 Å². The Bertz CT molecular complexity index is 1080. The van der Waals surface area contributed by atoms with Crippen molar-refractivity contribution in [3.05, 3.63) is 58.7 Å². The molecule has 1 aliphatic heterocycles. The van der Waals surface area contributed by atoms with E-state index in [4.69, 9.17) is 0 Å². The van der Waals surface area contributed by atoms with Crippen LogP contribution in [0.15, 0.2) is 30.3 Å². The molecule has 4 rings (SSSR count). The molecule has 1 saturated heterocycles. The Morgan fingerprint density at radius 3 is 2.70 bits per heavy atom. The Balaban J connectivity index is 1.73. The quantitative estimate of drug-likeness (QED) is 0.670. The summed E-state index contributed by atoms with van der Waals surface area (Å²) in [7, 11) is 0. The van der Waals surface area contributed by atoms with Crippen molar-refractivity contribution >= 4 is 28.4 Å². The summed E-state index contributed by atoms with van der Waals surface area (Å²) in [6.07, 6.45) is 4.33. The smallest absolute Gasteiger partial charge is 0.149 e. The van der Waals surface area contributed by atoms with Gasteiger partial charge in [-0.25, -0.2) is 9.37 Å². The zero-order valence-corrected chi connectivity index (χ0v) is 15.5. The lowest BCUT2D eigenvalue weighted by atomic mass is 9.99. The van der Waals surface area contributed by atoms with Gasteiger partial charge in [-0.05, 0) is 73.7 Å². The lowest BCUT2D eigenvalue weighted by Crippen LogP contribution is -2.19. The van der Waals surface area contributed by atoms with Crippen molar-refractivity contribution in [3.63, 3.8) is 0 Å². The fourth-order valence-electron chi connectivity index (χ4n) is 3.70. The number of allylic oxidation sites excluding steroid dienone is 1. The number of benzene rings is 2. The van der Waals surface area contributed by atoms with E-state index < -0.39 is 0 Å². The summed E-state index contributed by atoms with van der Waals surface area (Å²) >= 11 is 0. The molecular weight excluding hydrogens is 339 g/mol. The molecule has 5 heteroatoms. The number of H-pyrrole nitrogens is 1. The number of rotatable bonds is 3. The lowest BCUT2D eigenvalue weighted by Gasteiger charge is -2.22. The van der Waals surface area contributed by atoms with E-state index in [9.17, 15) is 9.65 Å². The normalized spacial score (nSPS) is 14.7. The third kappa shape index (κ3) is 3.19. The van der Waals surface area contributed by atoms with Crippen molar-refractivity contribution in [2.45, 2.75) is 26.7 Å². The van der Waals surface area contributed by atoms with E-state index in [1.807, 2.05) is 6.08 Å². The molecule has 0 spiro atoms. The zero-order chi connectivity index (χ0) is 19.0. The molecule has 1 aromatic heterocycles. The summed E-state index contributed by atoms with van der Waals surface area (Å²) in [6.45, 7) is 6.43. The molecule has 0 aliphatic carbocycles. The van der Waals surface area contributed by atoms with Gasteiger partial charge in [0.25, 0.3) is 0 Å². The van der Waals surface area contributed by atoms with Crippen LogP contribution in [-0.2, 0) is 0 Å². The molecule has 2 heterocycles. The average Bonchev–Trinajstić information content (AvgIpc) is 3.32. The zero-order valence-electron chi connectivity index (χ0n) is 15.5. The second kappa shape index (κ2) is 6.88. The Morgan fingerprint density at radius 1 is 1.19 bits per heavy atom. The molecule has 136 valence electrons. The van der Waals surface area contributed by atoms with E-state index in [1.165, 1.54) is 36.2 Å². The van der Waals surface area contributed by atoms with Gasteiger partial charge in [-0.1, -0.05) is 6.07 Å². The third-order valence-corrected chi connectivity index (χ3v) is 5.37. The van der Waals surface area contributed by atoms with E-state index in [0.29, 0.717) is 22.4 Å². The molecule has 0 bridgehead atoms. The van der Waals surface area contributed by atoms with E-state index in [0.717, 1.165) is 24.2 Å². The summed E-state index contributed by atoms with van der Waals surface area (Å²) < 4.78 is 13.4. The van der Waals surface area contributed by atoms with Gasteiger partial charge < -0.3 is 9.88 Å². The van der Waals surface area contributed by atoms with Crippen molar-refractivity contribution in [1.82, 2.24) is 9.97 Å². The number of imidazole rings is 1. The first-order valence-electron chi connectivity index (χ1n) is 9.19. The maximum atomic E-state index is 13.4. The monoisotopic (exact) mass is 360 g/mol. The van der Waals surface area contributed by atoms with E-state index in [-0.39, 0.29) is 5.82 Å². The summed E-state index contributed by atoms with van der Waals surface area (Å²) in [4.78, 5) is 9.91. The van der Waals surface area contributed by atoms with Gasteiger partial charge in [0, 0.05) is 18.8 Å². The van der Waals surface area contributed by atoms with Crippen LogP contribution in [0.1, 0.15) is 35.4 Å². The fraction of sp³-hybridized carbons (Fsp3) is 0.273. The van der Waals surface area contributed by atoms with Gasteiger partial charge in [0.1, 0.15) is 17.7 Å². The summed E-state index contributed by atoms with van der Waals surface area (Å²) in [5, 5.41) is 9.65. The highest BCUT2D eigenvalue weighted by atomic mass is 19.1. The molecule has 0 unspecified atom stereocenters. The average molecular weight is 360 g/mol. The van der Waals surface area contributed by atoms with Crippen LogP contribution in [0.2, 0.25) is 0 Å². The van der Waals surface area contributed by atoms with Crippen LogP contribution in [0.3, 0.4) is 0 Å². The molecule has 1 N–H and O–H groups in total. The topological polar surface area (TPSA) is 55.7 Å². The maximum absolute atomic E-state index is 13.4. The Labute approximate surface area is 158 Å². The number of fused-ring (bicyclic) bond motifs is 1. The van der Waals surface area contributed by atoms with Gasteiger partial charge in [-0.3, -0.25) is 0 Å². The van der Waals surface area contributed by atoms with Gasteiger partial charge in [0.2, 0.25) is 0 Å². The standard InChI is InChI=1S/C22H21FN4/c1-14-15(2)21(27-9-3-4-10-27)8-5-16(14)11-17(13-24)22-25-19-7-6-18(23)12-20(19)26-22/h5-8,11-12H,3-4,9-10H2,1-2H3,(H,25,26)/b17-11-. The maximum Gasteiger partial charge on any atom is 0.149 e. The summed E-state index contributed by atoms with van der Waals surface area (Å²) in [5.41, 5.74) is 6.35. The third-order valence-electron chi connectivity index (χ3n) is 5.37. The second-order valence-electron chi connectivity index (χ2n) is 7.03. The number of nitrogens with one attached hydrogen (secondary N) is 1. The minimum Gasteiger partial charge on any atom is -0.371 e. The summed E-state index contributed by atoms with van der Waals surface area (Å²) in [5.74, 6) is 0.128. The van der Waals surface area contributed by atoms with Crippen molar-refractivity contribution in [3.8, 4) is 6.07 Å². The molecule has 27 heavy (non-hydrogen) atoms. The molecule has 3 aromatic rings. The Hall–Kier alpha value is -3.13. The molecule has 1 aliphatic rings. The number of hydrogen-bond acceptors (Lipinski definition) is 3. The molecule has 0 saturated carbocycles. The number of aromatic amines is 1. The van der Waals surface area contributed by atoms with E-state index in [2.05, 4.69) is 46.9 Å². The van der Waals surface area contributed by atoms with Crippen LogP contribution < -0.4 is 4.90 Å². The predicted octanol–water partition coefficient (Wildman–Crippen LogP) is 4.98. The van der Waals surface area contributed by atoms with Crippen LogP contribution in [0, 0.1) is 31.0 Å². The van der Waals surface area contributed by atoms with Gasteiger partial charge in [-0.15, -0.1) is 0 Å². The lowest BCUT2D eigenvalue weighted by molar-refractivity contribution is 0.629. The Morgan fingerprint density at radius 2 is 1.96 bits per heavy atom. The highest BCUT2D eigenvalue weighted by Crippen LogP contribution is 2.30. The molecular formula is C22H21FN4. The van der Waals surface area contributed by atoms with Gasteiger partial charge in [-0.2, -0.15) is 5.26 Å². The number of nitrogens with zero attached hydrogens (tertiary/aromatic N) is 3. The highest BCUT2D eigenvalue weighted by molar-refractivity contribution is 5.91. The molecule has 0 atom stereocenters. The number of hydrogen-bond donors (Lipinski definition) is 1. The van der Waals surface area contributed by atoms with Gasteiger partial charge in [0.15, 0.2) is 0 Å². The SMILES string of the molecule is Cc1c(/C=C(/C#N)c2nc3ccc(F)cc3[nH]2)ccc(N2CCCC2)c1C. The molecule has 4 nitrogen and oxygen atoms in total. The molecule has 1 fully saturated rings.